The first kappa shape index (κ1) is 32.9. The smallest absolute Gasteiger partial charge is 0.331 e. The van der Waals surface area contributed by atoms with Crippen molar-refractivity contribution >= 4 is 23.3 Å². The number of fused-ring (bicyclic) bond motifs is 7. The third kappa shape index (κ3) is 4.62. The Kier molecular flexibility index (Phi) is 7.88. The van der Waals surface area contributed by atoms with Crippen LogP contribution in [-0.2, 0) is 14.4 Å². The molecule has 0 spiro atoms. The lowest BCUT2D eigenvalue weighted by atomic mass is 9.33. The van der Waals surface area contributed by atoms with Crippen LogP contribution in [0.5, 0.6) is 5.75 Å². The van der Waals surface area contributed by atoms with Gasteiger partial charge in [0.05, 0.1) is 16.0 Å². The number of oxime groups is 1. The van der Waals surface area contributed by atoms with Gasteiger partial charge in [0.15, 0.2) is 0 Å². The Labute approximate surface area is 273 Å². The van der Waals surface area contributed by atoms with E-state index in [1.54, 1.807) is 12.1 Å². The molecule has 0 aliphatic heterocycles. The first-order chi connectivity index (χ1) is 21.5. The molecule has 0 bridgehead atoms. The van der Waals surface area contributed by atoms with Gasteiger partial charge in [-0.1, -0.05) is 65.3 Å². The maximum atomic E-state index is 14.3. The van der Waals surface area contributed by atoms with Crippen molar-refractivity contribution in [2.45, 2.75) is 113 Å². The SMILES string of the molecule is CC(=O)O/N=C1\CC[C@]2(C)[C@H]3CC=C4[C@@H]5[C@@H](C)[C@H](C)CC[C@]5(C(=O)Oc5ccc([N+](=O)[O-])cc5)CC[C@@]4(C)[C@]3(C)CC[C@H]2C1(C)C. The summed E-state index contributed by atoms with van der Waals surface area (Å²) in [5.41, 5.74) is 1.87. The number of nitrogens with zero attached hydrogens (tertiary/aromatic N) is 2. The number of non-ortho nitro benzene ring substituents is 1. The molecule has 0 N–H and O–H groups in total. The van der Waals surface area contributed by atoms with Crippen molar-refractivity contribution in [3.63, 3.8) is 0 Å². The van der Waals surface area contributed by atoms with Crippen LogP contribution in [0.2, 0.25) is 0 Å². The van der Waals surface area contributed by atoms with Gasteiger partial charge >= 0.3 is 11.9 Å². The molecule has 8 heteroatoms. The van der Waals surface area contributed by atoms with E-state index in [4.69, 9.17) is 9.57 Å². The number of carbonyl (C=O) groups is 2. The first-order valence-electron chi connectivity index (χ1n) is 17.4. The second-order valence-electron chi connectivity index (χ2n) is 16.8. The molecule has 0 heterocycles. The fraction of sp³-hybridized carbons (Fsp3) is 0.711. The highest BCUT2D eigenvalue weighted by Crippen LogP contribution is 2.75. The maximum Gasteiger partial charge on any atom is 0.331 e. The molecule has 1 aromatic carbocycles. The second-order valence-corrected chi connectivity index (χ2v) is 16.8. The van der Waals surface area contributed by atoms with E-state index in [0.717, 1.165) is 63.5 Å². The fourth-order valence-electron chi connectivity index (χ4n) is 11.8. The fourth-order valence-corrected chi connectivity index (χ4v) is 11.8. The Bertz CT molecular complexity index is 1500. The second kappa shape index (κ2) is 11.0. The van der Waals surface area contributed by atoms with Crippen LogP contribution in [0.3, 0.4) is 0 Å². The van der Waals surface area contributed by atoms with E-state index in [1.807, 2.05) is 0 Å². The molecule has 0 amide bonds. The van der Waals surface area contributed by atoms with Crippen molar-refractivity contribution < 1.29 is 24.1 Å². The van der Waals surface area contributed by atoms with Gasteiger partial charge in [-0.25, -0.2) is 4.79 Å². The molecule has 1 aromatic rings. The number of carbonyl (C=O) groups excluding carboxylic acids is 2. The molecule has 5 aliphatic rings. The monoisotopic (exact) mass is 632 g/mol. The molecule has 46 heavy (non-hydrogen) atoms. The number of hydrogen-bond donors (Lipinski definition) is 0. The highest BCUT2D eigenvalue weighted by molar-refractivity contribution is 5.91. The van der Waals surface area contributed by atoms with Crippen LogP contribution in [-0.4, -0.2) is 22.6 Å². The zero-order chi connectivity index (χ0) is 33.4. The van der Waals surface area contributed by atoms with Crippen LogP contribution in [0.25, 0.3) is 0 Å². The van der Waals surface area contributed by atoms with Crippen LogP contribution in [0.15, 0.2) is 41.1 Å². The van der Waals surface area contributed by atoms with E-state index in [9.17, 15) is 19.7 Å². The third-order valence-corrected chi connectivity index (χ3v) is 14.7. The van der Waals surface area contributed by atoms with Gasteiger partial charge in [-0.15, -0.1) is 0 Å². The molecule has 9 atom stereocenters. The summed E-state index contributed by atoms with van der Waals surface area (Å²) in [6, 6.07) is 5.89. The topological polar surface area (TPSA) is 108 Å². The summed E-state index contributed by atoms with van der Waals surface area (Å²) in [6.45, 7) is 18.3. The van der Waals surface area contributed by atoms with Crippen LogP contribution in [0, 0.1) is 66.8 Å². The van der Waals surface area contributed by atoms with Gasteiger partial charge in [-0.2, -0.15) is 0 Å². The minimum Gasteiger partial charge on any atom is -0.426 e. The number of esters is 1. The Morgan fingerprint density at radius 2 is 1.63 bits per heavy atom. The summed E-state index contributed by atoms with van der Waals surface area (Å²) in [6.07, 6.45) is 11.2. The number of ether oxygens (including phenoxy) is 1. The molecule has 8 nitrogen and oxygen atoms in total. The average molecular weight is 633 g/mol. The number of benzene rings is 1. The van der Waals surface area contributed by atoms with Crippen molar-refractivity contribution in [3.05, 3.63) is 46.0 Å². The van der Waals surface area contributed by atoms with Gasteiger partial charge in [0.25, 0.3) is 5.69 Å². The summed E-state index contributed by atoms with van der Waals surface area (Å²) in [5.74, 6) is 1.70. The van der Waals surface area contributed by atoms with Crippen LogP contribution < -0.4 is 4.74 Å². The summed E-state index contributed by atoms with van der Waals surface area (Å²) >= 11 is 0. The average Bonchev–Trinajstić information content (AvgIpc) is 2.98. The Balaban J connectivity index is 1.36. The van der Waals surface area contributed by atoms with Gasteiger partial charge in [0.1, 0.15) is 5.75 Å². The normalized spacial score (nSPS) is 42.0. The zero-order valence-electron chi connectivity index (χ0n) is 29.0. The molecule has 4 saturated carbocycles. The molecule has 250 valence electrons. The predicted molar refractivity (Wildman–Crippen MR) is 177 cm³/mol. The summed E-state index contributed by atoms with van der Waals surface area (Å²) in [5, 5.41) is 15.6. The lowest BCUT2D eigenvalue weighted by Crippen LogP contribution is -2.65. The molecular weight excluding hydrogens is 580 g/mol. The number of nitro groups is 1. The largest absolute Gasteiger partial charge is 0.426 e. The lowest BCUT2D eigenvalue weighted by Gasteiger charge is -2.71. The summed E-state index contributed by atoms with van der Waals surface area (Å²) < 4.78 is 6.10. The van der Waals surface area contributed by atoms with Crippen molar-refractivity contribution in [3.8, 4) is 5.75 Å². The number of allylic oxidation sites excluding steroid dienone is 2. The molecule has 4 fully saturated rings. The van der Waals surface area contributed by atoms with Crippen molar-refractivity contribution in [2.24, 2.45) is 61.8 Å². The molecule has 0 radical (unpaired) electrons. The number of rotatable bonds is 4. The van der Waals surface area contributed by atoms with Crippen molar-refractivity contribution in [1.82, 2.24) is 0 Å². The Hall–Kier alpha value is -3.03. The summed E-state index contributed by atoms with van der Waals surface area (Å²) in [7, 11) is 0. The maximum absolute atomic E-state index is 14.3. The highest BCUT2D eigenvalue weighted by Gasteiger charge is 2.69. The number of hydrogen-bond acceptors (Lipinski definition) is 7. The van der Waals surface area contributed by atoms with Crippen LogP contribution in [0.4, 0.5) is 5.69 Å². The standard InChI is InChI=1S/C38H52N2O6/c1-23-15-20-38(33(42)45-27-11-9-26(10-12-27)40(43)44)22-21-36(7)28(32(38)24(23)2)13-14-30-35(6)18-17-31(39-46-25(3)41)34(4,5)29(35)16-19-37(30,36)8/h9-13,23-24,29-30,32H,14-22H2,1-8H3/b39-31+/t23-,24+,29+,30-,32+,35+,36-,37-,38+/m1/s1. The van der Waals surface area contributed by atoms with Gasteiger partial charge in [-0.05, 0) is 116 Å². The van der Waals surface area contributed by atoms with Gasteiger partial charge in [0, 0.05) is 24.5 Å². The van der Waals surface area contributed by atoms with E-state index >= 15 is 0 Å². The van der Waals surface area contributed by atoms with Gasteiger partial charge in [0.2, 0.25) is 0 Å². The minimum absolute atomic E-state index is 0.0165. The molecule has 0 unspecified atom stereocenters. The zero-order valence-corrected chi connectivity index (χ0v) is 29.0. The van der Waals surface area contributed by atoms with Gasteiger partial charge < -0.3 is 9.57 Å². The number of nitro benzene ring substituents is 1. The van der Waals surface area contributed by atoms with E-state index in [0.29, 0.717) is 29.4 Å². The lowest BCUT2D eigenvalue weighted by molar-refractivity contribution is -0.384. The molecule has 0 aromatic heterocycles. The predicted octanol–water partition coefficient (Wildman–Crippen LogP) is 9.08. The van der Waals surface area contributed by atoms with E-state index in [1.165, 1.54) is 24.6 Å². The first-order valence-corrected chi connectivity index (χ1v) is 17.4. The third-order valence-electron chi connectivity index (χ3n) is 14.7. The molecule has 5 aliphatic carbocycles. The quantitative estimate of drug-likeness (QED) is 0.0818. The minimum atomic E-state index is -0.599. The van der Waals surface area contributed by atoms with Gasteiger partial charge in [-0.3, -0.25) is 14.9 Å². The van der Waals surface area contributed by atoms with E-state index < -0.39 is 10.3 Å². The van der Waals surface area contributed by atoms with E-state index in [2.05, 4.69) is 59.7 Å². The Morgan fingerprint density at radius 1 is 0.935 bits per heavy atom. The van der Waals surface area contributed by atoms with Crippen LogP contribution in [0.1, 0.15) is 113 Å². The van der Waals surface area contributed by atoms with E-state index in [-0.39, 0.29) is 45.2 Å². The Morgan fingerprint density at radius 3 is 2.28 bits per heavy atom. The molecule has 0 saturated heterocycles. The van der Waals surface area contributed by atoms with Crippen molar-refractivity contribution in [2.75, 3.05) is 0 Å². The highest BCUT2D eigenvalue weighted by atomic mass is 16.7. The van der Waals surface area contributed by atoms with Crippen molar-refractivity contribution in [1.29, 1.82) is 0 Å². The molecular formula is C38H52N2O6. The van der Waals surface area contributed by atoms with Crippen LogP contribution >= 0.6 is 0 Å². The summed E-state index contributed by atoms with van der Waals surface area (Å²) in [4.78, 5) is 41.9. The molecule has 6 rings (SSSR count).